The van der Waals surface area contributed by atoms with Gasteiger partial charge in [0, 0.05) is 43.8 Å². The summed E-state index contributed by atoms with van der Waals surface area (Å²) < 4.78 is 49.4. The lowest BCUT2D eigenvalue weighted by Gasteiger charge is -2.20. The van der Waals surface area contributed by atoms with Gasteiger partial charge in [-0.15, -0.1) is 0 Å². The molecule has 0 saturated carbocycles. The first-order valence-corrected chi connectivity index (χ1v) is 11.0. The van der Waals surface area contributed by atoms with Gasteiger partial charge in [-0.2, -0.15) is 13.2 Å². The van der Waals surface area contributed by atoms with Crippen LogP contribution in [0.4, 0.5) is 13.2 Å². The van der Waals surface area contributed by atoms with Crippen molar-refractivity contribution >= 4 is 5.96 Å². The molecule has 6 nitrogen and oxygen atoms in total. The summed E-state index contributed by atoms with van der Waals surface area (Å²) in [5.74, 6) is 1.85. The predicted octanol–water partition coefficient (Wildman–Crippen LogP) is 3.10. The largest absolute Gasteiger partial charge is 0.493 e. The zero-order valence-electron chi connectivity index (χ0n) is 18.3. The van der Waals surface area contributed by atoms with E-state index < -0.39 is 12.7 Å². The van der Waals surface area contributed by atoms with E-state index in [9.17, 15) is 13.2 Å². The number of alkyl halides is 3. The Morgan fingerprint density at radius 3 is 2.87 bits per heavy atom. The van der Waals surface area contributed by atoms with E-state index in [0.29, 0.717) is 51.1 Å². The monoisotopic (exact) mass is 442 g/mol. The lowest BCUT2D eigenvalue weighted by atomic mass is 10.1. The van der Waals surface area contributed by atoms with Crippen molar-refractivity contribution in [1.29, 1.82) is 0 Å². The van der Waals surface area contributed by atoms with Crippen molar-refractivity contribution < 1.29 is 22.6 Å². The fourth-order valence-electron chi connectivity index (χ4n) is 3.87. The van der Waals surface area contributed by atoms with Gasteiger partial charge in [-0.05, 0) is 38.3 Å². The van der Waals surface area contributed by atoms with Crippen LogP contribution in [0.15, 0.2) is 23.2 Å². The molecular weight excluding hydrogens is 409 g/mol. The summed E-state index contributed by atoms with van der Waals surface area (Å²) in [6.07, 6.45) is -2.50. The maximum absolute atomic E-state index is 12.6. The molecule has 0 amide bonds. The highest BCUT2D eigenvalue weighted by molar-refractivity contribution is 5.80. The molecule has 2 fully saturated rings. The van der Waals surface area contributed by atoms with Crippen LogP contribution < -0.4 is 15.4 Å². The fourth-order valence-corrected chi connectivity index (χ4v) is 3.87. The van der Waals surface area contributed by atoms with Crippen molar-refractivity contribution in [2.24, 2.45) is 10.9 Å². The molecule has 3 rings (SSSR count). The molecule has 0 aliphatic carbocycles. The van der Waals surface area contributed by atoms with Gasteiger partial charge in [-0.3, -0.25) is 4.90 Å². The van der Waals surface area contributed by atoms with E-state index in [4.69, 9.17) is 9.47 Å². The zero-order chi connectivity index (χ0) is 22.3. The molecule has 2 heterocycles. The van der Waals surface area contributed by atoms with Gasteiger partial charge in [-0.1, -0.05) is 12.1 Å². The smallest absolute Gasteiger partial charge is 0.401 e. The Morgan fingerprint density at radius 1 is 1.32 bits per heavy atom. The van der Waals surface area contributed by atoms with Gasteiger partial charge in [0.15, 0.2) is 5.96 Å². The molecule has 2 aliphatic rings. The minimum atomic E-state index is -4.17. The number of likely N-dealkylation sites (tertiary alicyclic amines) is 1. The van der Waals surface area contributed by atoms with E-state index in [-0.39, 0.29) is 6.04 Å². The molecule has 174 valence electrons. The van der Waals surface area contributed by atoms with Gasteiger partial charge in [0.25, 0.3) is 0 Å². The van der Waals surface area contributed by atoms with Crippen molar-refractivity contribution in [3.63, 3.8) is 0 Å². The van der Waals surface area contributed by atoms with Crippen LogP contribution in [-0.2, 0) is 11.3 Å². The Kier molecular flexibility index (Phi) is 8.43. The number of nitrogens with one attached hydrogen (secondary N) is 2. The summed E-state index contributed by atoms with van der Waals surface area (Å²) in [5, 5.41) is 6.47. The SMILES string of the molecule is CCNC(=NCc1ccc(C)cc1OCC1CCOC1)NC1CCN(CC(F)(F)F)C1. The van der Waals surface area contributed by atoms with Crippen molar-refractivity contribution in [3.05, 3.63) is 29.3 Å². The number of nitrogens with zero attached hydrogens (tertiary/aromatic N) is 2. The van der Waals surface area contributed by atoms with E-state index in [1.54, 1.807) is 0 Å². The quantitative estimate of drug-likeness (QED) is 0.479. The maximum atomic E-state index is 12.6. The second-order valence-corrected chi connectivity index (χ2v) is 8.33. The van der Waals surface area contributed by atoms with Crippen molar-refractivity contribution in [3.8, 4) is 5.75 Å². The Labute approximate surface area is 182 Å². The number of halogens is 3. The Bertz CT molecular complexity index is 736. The summed E-state index contributed by atoms with van der Waals surface area (Å²) in [6.45, 7) is 7.14. The molecular formula is C22H33F3N4O2. The second-order valence-electron chi connectivity index (χ2n) is 8.33. The molecule has 2 saturated heterocycles. The molecule has 0 aromatic heterocycles. The highest BCUT2D eigenvalue weighted by Crippen LogP contribution is 2.24. The van der Waals surface area contributed by atoms with Crippen molar-refractivity contribution in [1.82, 2.24) is 15.5 Å². The van der Waals surface area contributed by atoms with Crippen LogP contribution >= 0.6 is 0 Å². The first-order valence-electron chi connectivity index (χ1n) is 11.0. The maximum Gasteiger partial charge on any atom is 0.401 e. The third kappa shape index (κ3) is 7.88. The van der Waals surface area contributed by atoms with E-state index in [2.05, 4.69) is 15.6 Å². The van der Waals surface area contributed by atoms with E-state index in [1.807, 2.05) is 32.0 Å². The molecule has 2 unspecified atom stereocenters. The third-order valence-electron chi connectivity index (χ3n) is 5.49. The summed E-state index contributed by atoms with van der Waals surface area (Å²) in [5.41, 5.74) is 2.10. The minimum absolute atomic E-state index is 0.0590. The van der Waals surface area contributed by atoms with E-state index >= 15 is 0 Å². The highest BCUT2D eigenvalue weighted by atomic mass is 19.4. The first kappa shape index (κ1) is 23.7. The summed E-state index contributed by atoms with van der Waals surface area (Å²) in [6, 6.07) is 6.01. The van der Waals surface area contributed by atoms with Crippen LogP contribution in [0.3, 0.4) is 0 Å². The predicted molar refractivity (Wildman–Crippen MR) is 114 cm³/mol. The van der Waals surface area contributed by atoms with E-state index in [0.717, 1.165) is 36.5 Å². The van der Waals surface area contributed by atoms with Gasteiger partial charge < -0.3 is 20.1 Å². The molecule has 2 aliphatic heterocycles. The number of rotatable bonds is 8. The van der Waals surface area contributed by atoms with E-state index in [1.165, 1.54) is 4.90 Å². The number of benzene rings is 1. The number of hydrogen-bond donors (Lipinski definition) is 2. The highest BCUT2D eigenvalue weighted by Gasteiger charge is 2.34. The Morgan fingerprint density at radius 2 is 2.16 bits per heavy atom. The molecule has 2 atom stereocenters. The number of guanidine groups is 1. The average Bonchev–Trinajstić information content (AvgIpc) is 3.36. The van der Waals surface area contributed by atoms with Gasteiger partial charge in [0.2, 0.25) is 0 Å². The molecule has 1 aromatic rings. The van der Waals surface area contributed by atoms with Crippen LogP contribution in [0.25, 0.3) is 0 Å². The number of aliphatic imine (C=N–C) groups is 1. The van der Waals surface area contributed by atoms with Crippen LogP contribution in [0, 0.1) is 12.8 Å². The summed E-state index contributed by atoms with van der Waals surface area (Å²) in [7, 11) is 0. The normalized spacial score (nSPS) is 22.7. The number of aryl methyl sites for hydroxylation is 1. The molecule has 0 spiro atoms. The van der Waals surface area contributed by atoms with Crippen molar-refractivity contribution in [2.75, 3.05) is 46.0 Å². The van der Waals surface area contributed by atoms with Crippen LogP contribution in [0.1, 0.15) is 30.9 Å². The average molecular weight is 443 g/mol. The number of hydrogen-bond acceptors (Lipinski definition) is 4. The van der Waals surface area contributed by atoms with Crippen molar-refractivity contribution in [2.45, 2.75) is 45.5 Å². The van der Waals surface area contributed by atoms with Crippen LogP contribution in [-0.4, -0.2) is 69.1 Å². The van der Waals surface area contributed by atoms with Crippen LogP contribution in [0.5, 0.6) is 5.75 Å². The summed E-state index contributed by atoms with van der Waals surface area (Å²) in [4.78, 5) is 6.10. The molecule has 0 bridgehead atoms. The lowest BCUT2D eigenvalue weighted by Crippen LogP contribution is -2.45. The van der Waals surface area contributed by atoms with Gasteiger partial charge in [-0.25, -0.2) is 4.99 Å². The van der Waals surface area contributed by atoms with Gasteiger partial charge in [0.05, 0.1) is 26.3 Å². The van der Waals surface area contributed by atoms with Crippen LogP contribution in [0.2, 0.25) is 0 Å². The second kappa shape index (κ2) is 11.0. The zero-order valence-corrected chi connectivity index (χ0v) is 18.3. The molecule has 1 aromatic carbocycles. The summed E-state index contributed by atoms with van der Waals surface area (Å²) >= 11 is 0. The molecule has 0 radical (unpaired) electrons. The lowest BCUT2D eigenvalue weighted by molar-refractivity contribution is -0.143. The Balaban J connectivity index is 1.59. The minimum Gasteiger partial charge on any atom is -0.493 e. The topological polar surface area (TPSA) is 58.1 Å². The Hall–Kier alpha value is -2.00. The molecule has 31 heavy (non-hydrogen) atoms. The van der Waals surface area contributed by atoms with Gasteiger partial charge >= 0.3 is 6.18 Å². The first-order chi connectivity index (χ1) is 14.8. The standard InChI is InChI=1S/C22H33F3N4O2/c1-3-26-21(28-19-6-8-29(12-19)15-22(23,24)25)27-11-18-5-4-16(2)10-20(18)31-14-17-7-9-30-13-17/h4-5,10,17,19H,3,6-9,11-15H2,1-2H3,(H2,26,27,28). The fraction of sp³-hybridized carbons (Fsp3) is 0.682. The number of ether oxygens (including phenoxy) is 2. The molecule has 2 N–H and O–H groups in total. The van der Waals surface area contributed by atoms with Gasteiger partial charge in [0.1, 0.15) is 5.75 Å². The third-order valence-corrected chi connectivity index (χ3v) is 5.49. The molecule has 9 heteroatoms.